The second-order valence-electron chi connectivity index (χ2n) is 15.3. The highest BCUT2D eigenvalue weighted by molar-refractivity contribution is 7.71. The smallest absolute Gasteiger partial charge is 0.257 e. The number of hydrogen-bond acceptors (Lipinski definition) is 11. The van der Waals surface area contributed by atoms with Crippen LogP contribution in [-0.4, -0.2) is 58.1 Å². The van der Waals surface area contributed by atoms with E-state index < -0.39 is 0 Å². The van der Waals surface area contributed by atoms with Crippen LogP contribution >= 0.6 is 36.7 Å². The topological polar surface area (TPSA) is 237 Å². The molecule has 61 heavy (non-hydrogen) atoms. The van der Waals surface area contributed by atoms with E-state index in [2.05, 4.69) is 92.6 Å². The van der Waals surface area contributed by atoms with Crippen molar-refractivity contribution in [1.82, 2.24) is 34.9 Å². The monoisotopic (exact) mass is 866 g/mol. The predicted octanol–water partition coefficient (Wildman–Crippen LogP) is 6.31. The minimum absolute atomic E-state index is 0.151. The van der Waals surface area contributed by atoms with Gasteiger partial charge < -0.3 is 31.0 Å². The SMILES string of the molecule is C=C1Cc2cc(C3=Nc4[nH]c(=S)[nH]c(=O)c4C3)ccc2N1.C=C1Cc2ccc(C3=Nc4[nH]c(=S)[nH]c(=O)c4C3)cc2C1.N[C@@H](Cc1ccc[nH]1)C1=Nc2[nH]c(=S)[nH]c(=O)c2C1. The number of nitrogens with one attached hydrogen (secondary N) is 8. The molecule has 1 atom stereocenters. The molecule has 0 amide bonds. The summed E-state index contributed by atoms with van der Waals surface area (Å²) in [7, 11) is 0. The summed E-state index contributed by atoms with van der Waals surface area (Å²) in [6.07, 6.45) is 6.78. The van der Waals surface area contributed by atoms with Crippen LogP contribution in [0.15, 0.2) is 109 Å². The van der Waals surface area contributed by atoms with E-state index >= 15 is 0 Å². The summed E-state index contributed by atoms with van der Waals surface area (Å²) < 4.78 is 0.902. The van der Waals surface area contributed by atoms with Crippen LogP contribution in [0.3, 0.4) is 0 Å². The standard InChI is InChI=1S/C16H13N3OS.C15H12N4OS.C12H13N5OS/c1-8-4-9-2-3-10(6-11(9)5-8)13-7-12-14(17-13)18-16(21)19-15(12)20;1-7-4-9-5-8(2-3-11(9)16-7)12-6-10-13(17-12)18-15(21)19-14(10)20;13-8(4-6-2-1-3-14-6)9-5-7-10(15-9)16-12(19)17-11(7)18/h2-3,6H,1,4-5,7H2,(H2,18,19,20,21);2-3,5,16H,1,4,6H2,(H2,18,19,20,21);1-3,8,14H,4-5,13H2,(H2,16,17,18,19)/t;;8-/m..0/s1. The van der Waals surface area contributed by atoms with Gasteiger partial charge in [0.05, 0.1) is 28.1 Å². The van der Waals surface area contributed by atoms with Gasteiger partial charge in [-0.15, -0.1) is 0 Å². The Hall–Kier alpha value is -6.73. The van der Waals surface area contributed by atoms with Gasteiger partial charge in [-0.05, 0) is 108 Å². The van der Waals surface area contributed by atoms with E-state index in [0.29, 0.717) is 69.4 Å². The number of H-pyrrole nitrogens is 7. The number of anilines is 1. The van der Waals surface area contributed by atoms with Crippen LogP contribution in [-0.2, 0) is 44.9 Å². The van der Waals surface area contributed by atoms with Gasteiger partial charge in [-0.1, -0.05) is 36.9 Å². The minimum atomic E-state index is -0.215. The summed E-state index contributed by atoms with van der Waals surface area (Å²) in [5.41, 5.74) is 20.5. The first-order valence-electron chi connectivity index (χ1n) is 19.4. The average Bonchev–Trinajstić information content (AvgIpc) is 4.06. The van der Waals surface area contributed by atoms with E-state index in [4.69, 9.17) is 42.4 Å². The molecule has 0 bridgehead atoms. The van der Waals surface area contributed by atoms with Crippen LogP contribution in [0.25, 0.3) is 0 Å². The molecule has 11 rings (SSSR count). The van der Waals surface area contributed by atoms with E-state index in [0.717, 1.165) is 64.6 Å². The largest absolute Gasteiger partial charge is 0.365 e. The number of aromatic amines is 7. The molecule has 0 spiro atoms. The van der Waals surface area contributed by atoms with Crippen LogP contribution in [0.4, 0.5) is 23.1 Å². The molecule has 10 N–H and O–H groups in total. The molecular weight excluding hydrogens is 829 g/mol. The normalized spacial score (nSPS) is 15.5. The van der Waals surface area contributed by atoms with Crippen LogP contribution in [0, 0.1) is 14.3 Å². The number of fused-ring (bicyclic) bond motifs is 5. The van der Waals surface area contributed by atoms with Crippen molar-refractivity contribution in [2.24, 2.45) is 20.7 Å². The molecule has 4 aromatic heterocycles. The van der Waals surface area contributed by atoms with Crippen molar-refractivity contribution in [3.63, 3.8) is 0 Å². The summed E-state index contributed by atoms with van der Waals surface area (Å²) in [6, 6.07) is 16.2. The first-order valence-corrected chi connectivity index (χ1v) is 20.6. The van der Waals surface area contributed by atoms with Crippen LogP contribution in [0.2, 0.25) is 0 Å². The molecule has 5 aliphatic rings. The second-order valence-corrected chi connectivity index (χ2v) is 16.6. The van der Waals surface area contributed by atoms with Gasteiger partial charge in [-0.3, -0.25) is 29.3 Å². The number of benzene rings is 2. The lowest BCUT2D eigenvalue weighted by molar-refractivity contribution is 0.820. The highest BCUT2D eigenvalue weighted by Gasteiger charge is 2.25. The lowest BCUT2D eigenvalue weighted by Crippen LogP contribution is -2.33. The van der Waals surface area contributed by atoms with Crippen LogP contribution in [0.1, 0.15) is 50.2 Å². The molecule has 6 aromatic rings. The zero-order chi connectivity index (χ0) is 42.5. The van der Waals surface area contributed by atoms with E-state index in [1.807, 2.05) is 30.5 Å². The van der Waals surface area contributed by atoms with Gasteiger partial charge in [0, 0.05) is 67.1 Å². The maximum absolute atomic E-state index is 11.9. The van der Waals surface area contributed by atoms with Gasteiger partial charge >= 0.3 is 0 Å². The molecule has 18 heteroatoms. The Kier molecular flexibility index (Phi) is 10.4. The fourth-order valence-corrected chi connectivity index (χ4v) is 8.54. The Balaban J connectivity index is 0.000000117. The Morgan fingerprint density at radius 1 is 0.623 bits per heavy atom. The van der Waals surface area contributed by atoms with Gasteiger partial charge in [0.1, 0.15) is 17.5 Å². The molecular formula is C43H38N12O3S3. The number of hydrogen-bond donors (Lipinski definition) is 9. The van der Waals surface area contributed by atoms with E-state index in [9.17, 15) is 14.4 Å². The third-order valence-electron chi connectivity index (χ3n) is 11.0. The summed E-state index contributed by atoms with van der Waals surface area (Å²) >= 11 is 14.9. The van der Waals surface area contributed by atoms with Crippen molar-refractivity contribution in [3.05, 3.63) is 175 Å². The molecule has 15 nitrogen and oxygen atoms in total. The highest BCUT2D eigenvalue weighted by atomic mass is 32.1. The van der Waals surface area contributed by atoms with Crippen molar-refractivity contribution in [3.8, 4) is 0 Å². The summed E-state index contributed by atoms with van der Waals surface area (Å²) in [6.45, 7) is 8.00. The Labute approximate surface area is 361 Å². The first-order chi connectivity index (χ1) is 29.3. The lowest BCUT2D eigenvalue weighted by Gasteiger charge is -2.09. The molecule has 0 saturated heterocycles. The average molecular weight is 867 g/mol. The van der Waals surface area contributed by atoms with Crippen molar-refractivity contribution >= 4 is 76.9 Å². The number of rotatable bonds is 5. The number of aromatic nitrogens is 7. The van der Waals surface area contributed by atoms with E-state index in [1.54, 1.807) is 0 Å². The van der Waals surface area contributed by atoms with Crippen molar-refractivity contribution < 1.29 is 0 Å². The summed E-state index contributed by atoms with van der Waals surface area (Å²) in [4.78, 5) is 68.6. The number of nitrogens with two attached hydrogens (primary N) is 1. The third-order valence-corrected chi connectivity index (χ3v) is 11.6. The van der Waals surface area contributed by atoms with E-state index in [1.165, 1.54) is 22.3 Å². The quantitative estimate of drug-likeness (QED) is 0.0701. The van der Waals surface area contributed by atoms with Crippen molar-refractivity contribution in [1.29, 1.82) is 0 Å². The maximum Gasteiger partial charge on any atom is 0.257 e. The highest BCUT2D eigenvalue weighted by Crippen LogP contribution is 2.32. The lowest BCUT2D eigenvalue weighted by atomic mass is 10.0. The van der Waals surface area contributed by atoms with Crippen molar-refractivity contribution in [2.45, 2.75) is 51.0 Å². The zero-order valence-electron chi connectivity index (χ0n) is 32.5. The predicted molar refractivity (Wildman–Crippen MR) is 246 cm³/mol. The van der Waals surface area contributed by atoms with Gasteiger partial charge in [0.15, 0.2) is 14.3 Å². The Morgan fingerprint density at radius 2 is 1.16 bits per heavy atom. The second kappa shape index (κ2) is 16.0. The van der Waals surface area contributed by atoms with Crippen LogP contribution < -0.4 is 27.7 Å². The first kappa shape index (κ1) is 39.7. The van der Waals surface area contributed by atoms with Gasteiger partial charge in [-0.2, -0.15) is 0 Å². The van der Waals surface area contributed by atoms with Gasteiger partial charge in [-0.25, -0.2) is 15.0 Å². The van der Waals surface area contributed by atoms with E-state index in [-0.39, 0.29) is 27.5 Å². The summed E-state index contributed by atoms with van der Waals surface area (Å²) in [5.74, 6) is 1.69. The number of allylic oxidation sites excluding steroid dienone is 2. The van der Waals surface area contributed by atoms with Crippen molar-refractivity contribution in [2.75, 3.05) is 5.32 Å². The fraction of sp³-hybridized carbons (Fsp3) is 0.186. The van der Waals surface area contributed by atoms with Gasteiger partial charge in [0.2, 0.25) is 0 Å². The number of nitrogens with zero attached hydrogens (tertiary/aromatic N) is 3. The molecule has 2 aromatic carbocycles. The number of aliphatic imine (C=N–C) groups is 3. The Morgan fingerprint density at radius 3 is 1.75 bits per heavy atom. The van der Waals surface area contributed by atoms with Gasteiger partial charge in [0.25, 0.3) is 16.7 Å². The molecule has 0 fully saturated rings. The summed E-state index contributed by atoms with van der Waals surface area (Å²) in [5, 5.41) is 3.24. The molecule has 1 aliphatic carbocycles. The minimum Gasteiger partial charge on any atom is -0.365 e. The zero-order valence-corrected chi connectivity index (χ0v) is 35.0. The molecule has 0 unspecified atom stereocenters. The molecule has 8 heterocycles. The molecule has 4 aliphatic heterocycles. The third kappa shape index (κ3) is 8.25. The fourth-order valence-electron chi connectivity index (χ4n) is 7.97. The molecule has 0 radical (unpaired) electrons. The molecule has 0 saturated carbocycles. The van der Waals surface area contributed by atoms with Crippen LogP contribution in [0.5, 0.6) is 0 Å². The Bertz CT molecular complexity index is 3150. The maximum atomic E-state index is 11.9. The molecule has 306 valence electrons.